The van der Waals surface area contributed by atoms with Crippen LogP contribution in [0.4, 0.5) is 5.82 Å². The molecule has 0 saturated carbocycles. The number of aromatic nitrogens is 1. The van der Waals surface area contributed by atoms with Crippen molar-refractivity contribution in [3.8, 4) is 0 Å². The van der Waals surface area contributed by atoms with Gasteiger partial charge in [-0.2, -0.15) is 0 Å². The summed E-state index contributed by atoms with van der Waals surface area (Å²) < 4.78 is 0. The molecule has 0 aromatic carbocycles. The van der Waals surface area contributed by atoms with Crippen LogP contribution < -0.4 is 4.90 Å². The molecule has 0 radical (unpaired) electrons. The summed E-state index contributed by atoms with van der Waals surface area (Å²) in [7, 11) is 0. The predicted octanol–water partition coefficient (Wildman–Crippen LogP) is 3.62. The van der Waals surface area contributed by atoms with Gasteiger partial charge < -0.3 is 4.90 Å². The van der Waals surface area contributed by atoms with E-state index in [1.807, 2.05) is 6.20 Å². The van der Waals surface area contributed by atoms with Crippen molar-refractivity contribution in [3.63, 3.8) is 0 Å². The normalized spacial score (nSPS) is 24.2. The molecule has 0 spiro atoms. The summed E-state index contributed by atoms with van der Waals surface area (Å²) in [4.78, 5) is 9.90. The minimum atomic E-state index is 0.591. The Morgan fingerprint density at radius 3 is 2.75 bits per heavy atom. The molecule has 2 aliphatic heterocycles. The van der Waals surface area contributed by atoms with Crippen LogP contribution in [0.25, 0.3) is 0 Å². The first-order valence-electron chi connectivity index (χ1n) is 8.34. The molecule has 110 valence electrons. The Balaban J connectivity index is 1.87. The van der Waals surface area contributed by atoms with Gasteiger partial charge in [0.15, 0.2) is 0 Å². The van der Waals surface area contributed by atoms with Crippen LogP contribution in [0, 0.1) is 0 Å². The molecule has 1 aromatic heterocycles. The Labute approximate surface area is 123 Å². The van der Waals surface area contributed by atoms with Crippen molar-refractivity contribution in [3.05, 3.63) is 23.9 Å². The maximum Gasteiger partial charge on any atom is 0.133 e. The monoisotopic (exact) mass is 273 g/mol. The zero-order valence-corrected chi connectivity index (χ0v) is 12.7. The van der Waals surface area contributed by atoms with Gasteiger partial charge in [0.05, 0.1) is 0 Å². The fraction of sp³-hybridized carbons (Fsp3) is 0.706. The molecule has 1 atom stereocenters. The van der Waals surface area contributed by atoms with Crippen molar-refractivity contribution in [2.75, 3.05) is 31.1 Å². The first kappa shape index (κ1) is 13.9. The third-order valence-electron chi connectivity index (χ3n) is 4.71. The summed E-state index contributed by atoms with van der Waals surface area (Å²) in [6, 6.07) is 5.03. The van der Waals surface area contributed by atoms with Gasteiger partial charge in [-0.15, -0.1) is 0 Å². The summed E-state index contributed by atoms with van der Waals surface area (Å²) in [6.45, 7) is 7.14. The molecule has 20 heavy (non-hydrogen) atoms. The Morgan fingerprint density at radius 2 is 1.95 bits per heavy atom. The van der Waals surface area contributed by atoms with Crippen molar-refractivity contribution >= 4 is 5.82 Å². The topological polar surface area (TPSA) is 19.4 Å². The smallest absolute Gasteiger partial charge is 0.133 e. The zero-order valence-electron chi connectivity index (χ0n) is 12.7. The number of hydrogen-bond acceptors (Lipinski definition) is 3. The Morgan fingerprint density at radius 1 is 1.15 bits per heavy atom. The second-order valence-electron chi connectivity index (χ2n) is 6.16. The number of nitrogens with zero attached hydrogens (tertiary/aromatic N) is 3. The van der Waals surface area contributed by atoms with Gasteiger partial charge in [-0.3, -0.25) is 4.90 Å². The van der Waals surface area contributed by atoms with Gasteiger partial charge in [-0.05, 0) is 51.3 Å². The van der Waals surface area contributed by atoms with Crippen LogP contribution in [-0.2, 0) is 0 Å². The second kappa shape index (κ2) is 6.57. The van der Waals surface area contributed by atoms with E-state index in [4.69, 9.17) is 4.98 Å². The fourth-order valence-corrected chi connectivity index (χ4v) is 3.76. The average molecular weight is 273 g/mol. The van der Waals surface area contributed by atoms with Gasteiger partial charge in [0.25, 0.3) is 0 Å². The molecule has 0 unspecified atom stereocenters. The standard InChI is InChI=1S/C17H27N3/c1-2-11-19-12-4-3-9-16(19)15-8-7-10-18-17(15)20-13-5-6-14-20/h7-8,10,16H,2-6,9,11-14H2,1H3/t16-/m1/s1. The molecule has 2 saturated heterocycles. The lowest BCUT2D eigenvalue weighted by Gasteiger charge is -2.37. The summed E-state index contributed by atoms with van der Waals surface area (Å²) in [5.41, 5.74) is 1.47. The lowest BCUT2D eigenvalue weighted by atomic mass is 9.95. The SMILES string of the molecule is CCCN1CCCC[C@@H]1c1cccnc1N1CCCC1. The maximum atomic E-state index is 4.73. The fourth-order valence-electron chi connectivity index (χ4n) is 3.76. The van der Waals surface area contributed by atoms with Gasteiger partial charge in [0, 0.05) is 30.9 Å². The highest BCUT2D eigenvalue weighted by Gasteiger charge is 2.27. The van der Waals surface area contributed by atoms with Crippen molar-refractivity contribution < 1.29 is 0 Å². The lowest BCUT2D eigenvalue weighted by molar-refractivity contribution is 0.149. The van der Waals surface area contributed by atoms with E-state index < -0.39 is 0 Å². The maximum absolute atomic E-state index is 4.73. The molecule has 3 rings (SSSR count). The third kappa shape index (κ3) is 2.83. The van der Waals surface area contributed by atoms with Crippen LogP contribution in [0.15, 0.2) is 18.3 Å². The average Bonchev–Trinajstić information content (AvgIpc) is 3.02. The zero-order chi connectivity index (χ0) is 13.8. The Bertz CT molecular complexity index is 424. The molecule has 0 bridgehead atoms. The van der Waals surface area contributed by atoms with E-state index >= 15 is 0 Å². The largest absolute Gasteiger partial charge is 0.356 e. The van der Waals surface area contributed by atoms with E-state index in [0.717, 1.165) is 0 Å². The number of anilines is 1. The van der Waals surface area contributed by atoms with Gasteiger partial charge >= 0.3 is 0 Å². The number of piperidine rings is 1. The molecule has 0 N–H and O–H groups in total. The van der Waals surface area contributed by atoms with Crippen molar-refractivity contribution in [2.24, 2.45) is 0 Å². The van der Waals surface area contributed by atoms with Gasteiger partial charge in [0.1, 0.15) is 5.82 Å². The molecule has 3 heterocycles. The predicted molar refractivity (Wildman–Crippen MR) is 84.1 cm³/mol. The van der Waals surface area contributed by atoms with Crippen molar-refractivity contribution in [2.45, 2.75) is 51.5 Å². The number of pyridine rings is 1. The second-order valence-corrected chi connectivity index (χ2v) is 6.16. The minimum absolute atomic E-state index is 0.591. The van der Waals surface area contributed by atoms with E-state index in [9.17, 15) is 0 Å². The van der Waals surface area contributed by atoms with E-state index in [-0.39, 0.29) is 0 Å². The van der Waals surface area contributed by atoms with E-state index in [2.05, 4.69) is 28.9 Å². The van der Waals surface area contributed by atoms with Crippen molar-refractivity contribution in [1.29, 1.82) is 0 Å². The highest BCUT2D eigenvalue weighted by molar-refractivity contribution is 5.49. The van der Waals surface area contributed by atoms with E-state index in [1.54, 1.807) is 0 Å². The summed E-state index contributed by atoms with van der Waals surface area (Å²) in [5.74, 6) is 1.26. The lowest BCUT2D eigenvalue weighted by Crippen LogP contribution is -2.35. The van der Waals surface area contributed by atoms with Crippen LogP contribution in [-0.4, -0.2) is 36.1 Å². The summed E-state index contributed by atoms with van der Waals surface area (Å²) in [5, 5.41) is 0. The molecular formula is C17H27N3. The molecule has 0 amide bonds. The van der Waals surface area contributed by atoms with E-state index in [0.29, 0.717) is 6.04 Å². The quantitative estimate of drug-likeness (QED) is 0.835. The van der Waals surface area contributed by atoms with Crippen molar-refractivity contribution in [1.82, 2.24) is 9.88 Å². The van der Waals surface area contributed by atoms with Gasteiger partial charge in [-0.25, -0.2) is 4.98 Å². The third-order valence-corrected chi connectivity index (χ3v) is 4.71. The first-order valence-corrected chi connectivity index (χ1v) is 8.34. The van der Waals surface area contributed by atoms with Crippen LogP contribution in [0.3, 0.4) is 0 Å². The molecule has 3 nitrogen and oxygen atoms in total. The summed E-state index contributed by atoms with van der Waals surface area (Å²) >= 11 is 0. The first-order chi connectivity index (χ1) is 9.90. The molecule has 2 fully saturated rings. The minimum Gasteiger partial charge on any atom is -0.356 e. The highest BCUT2D eigenvalue weighted by atomic mass is 15.2. The van der Waals surface area contributed by atoms with Gasteiger partial charge in [0.2, 0.25) is 0 Å². The molecule has 1 aromatic rings. The Kier molecular flexibility index (Phi) is 4.56. The van der Waals surface area contributed by atoms with Crippen LogP contribution >= 0.6 is 0 Å². The molecular weight excluding hydrogens is 246 g/mol. The van der Waals surface area contributed by atoms with Crippen LogP contribution in [0.5, 0.6) is 0 Å². The molecule has 3 heteroatoms. The van der Waals surface area contributed by atoms with E-state index in [1.165, 1.54) is 76.1 Å². The molecule has 0 aliphatic carbocycles. The Hall–Kier alpha value is -1.09. The number of likely N-dealkylation sites (tertiary alicyclic amines) is 1. The van der Waals surface area contributed by atoms with Crippen LogP contribution in [0.2, 0.25) is 0 Å². The van der Waals surface area contributed by atoms with Crippen LogP contribution in [0.1, 0.15) is 57.1 Å². The van der Waals surface area contributed by atoms with Gasteiger partial charge in [-0.1, -0.05) is 19.4 Å². The highest BCUT2D eigenvalue weighted by Crippen LogP contribution is 2.36. The summed E-state index contributed by atoms with van der Waals surface area (Å²) in [6.07, 6.45) is 9.86. The number of rotatable bonds is 4. The number of hydrogen-bond donors (Lipinski definition) is 0. The molecule has 2 aliphatic rings.